The number of carbonyl (C=O) groups excluding carboxylic acids is 3. The van der Waals surface area contributed by atoms with Crippen LogP contribution >= 0.6 is 0 Å². The summed E-state index contributed by atoms with van der Waals surface area (Å²) >= 11 is 0. The monoisotopic (exact) mass is 432 g/mol. The van der Waals surface area contributed by atoms with Crippen molar-refractivity contribution in [2.75, 3.05) is 0 Å². The van der Waals surface area contributed by atoms with Gasteiger partial charge >= 0.3 is 5.97 Å². The van der Waals surface area contributed by atoms with E-state index in [-0.39, 0.29) is 6.42 Å². The molecule has 164 valence electrons. The molecule has 7 heteroatoms. The fraction of sp³-hybridized carbons (Fsp3) is 0.160. The number of nitrogens with one attached hydrogen (secondary N) is 1. The molecule has 3 aromatic rings. The summed E-state index contributed by atoms with van der Waals surface area (Å²) in [5.41, 5.74) is 7.70. The highest BCUT2D eigenvalue weighted by atomic mass is 16.5. The fourth-order valence-electron chi connectivity index (χ4n) is 3.00. The maximum atomic E-state index is 12.5. The van der Waals surface area contributed by atoms with Crippen molar-refractivity contribution in [2.24, 2.45) is 5.73 Å². The smallest absolute Gasteiger partial charge is 0.308 e. The van der Waals surface area contributed by atoms with Crippen LogP contribution in [0.25, 0.3) is 0 Å². The molecule has 0 heterocycles. The zero-order chi connectivity index (χ0) is 22.9. The van der Waals surface area contributed by atoms with Crippen molar-refractivity contribution in [3.05, 3.63) is 95.6 Å². The van der Waals surface area contributed by atoms with Crippen LogP contribution < -0.4 is 20.5 Å². The quantitative estimate of drug-likeness (QED) is 0.399. The van der Waals surface area contributed by atoms with Crippen molar-refractivity contribution in [1.29, 1.82) is 0 Å². The summed E-state index contributed by atoms with van der Waals surface area (Å²) in [4.78, 5) is 35.4. The first-order chi connectivity index (χ1) is 15.4. The maximum absolute atomic E-state index is 12.5. The molecule has 0 aliphatic carbocycles. The number of ether oxygens (including phenoxy) is 2. The van der Waals surface area contributed by atoms with E-state index in [0.29, 0.717) is 23.7 Å². The lowest BCUT2D eigenvalue weighted by atomic mass is 10.0. The molecule has 32 heavy (non-hydrogen) atoms. The molecule has 3 rings (SSSR count). The van der Waals surface area contributed by atoms with Gasteiger partial charge in [-0.05, 0) is 47.5 Å². The summed E-state index contributed by atoms with van der Waals surface area (Å²) in [6.07, 6.45) is 0.242. The second-order valence-corrected chi connectivity index (χ2v) is 7.17. The van der Waals surface area contributed by atoms with Gasteiger partial charge in [-0.2, -0.15) is 0 Å². The number of amides is 2. The zero-order valence-corrected chi connectivity index (χ0v) is 17.6. The largest absolute Gasteiger partial charge is 0.489 e. The summed E-state index contributed by atoms with van der Waals surface area (Å²) in [6.45, 7) is 1.75. The normalized spacial score (nSPS) is 11.3. The first-order valence-electron chi connectivity index (χ1n) is 10.0. The Morgan fingerprint density at radius 3 is 2.06 bits per heavy atom. The molecule has 3 N–H and O–H groups in total. The van der Waals surface area contributed by atoms with Gasteiger partial charge in [0, 0.05) is 18.9 Å². The molecule has 2 amide bonds. The van der Waals surface area contributed by atoms with E-state index in [9.17, 15) is 14.4 Å². The number of nitrogens with two attached hydrogens (primary N) is 1. The lowest BCUT2D eigenvalue weighted by molar-refractivity contribution is -0.131. The third kappa shape index (κ3) is 6.70. The first-order valence-corrected chi connectivity index (χ1v) is 10.0. The molecule has 7 nitrogen and oxygen atoms in total. The highest BCUT2D eigenvalue weighted by molar-refractivity contribution is 5.97. The van der Waals surface area contributed by atoms with Gasteiger partial charge in [-0.15, -0.1) is 0 Å². The van der Waals surface area contributed by atoms with E-state index < -0.39 is 23.8 Å². The average molecular weight is 432 g/mol. The van der Waals surface area contributed by atoms with Crippen LogP contribution in [0.3, 0.4) is 0 Å². The summed E-state index contributed by atoms with van der Waals surface area (Å²) in [5, 5.41) is 2.65. The van der Waals surface area contributed by atoms with Crippen molar-refractivity contribution in [1.82, 2.24) is 5.32 Å². The van der Waals surface area contributed by atoms with Crippen LogP contribution in [0.1, 0.15) is 28.4 Å². The number of esters is 1. The van der Waals surface area contributed by atoms with Crippen molar-refractivity contribution < 1.29 is 23.9 Å². The number of benzene rings is 3. The summed E-state index contributed by atoms with van der Waals surface area (Å²) < 4.78 is 10.7. The Hall–Kier alpha value is -4.13. The minimum absolute atomic E-state index is 0.242. The van der Waals surface area contributed by atoms with Crippen LogP contribution in [-0.4, -0.2) is 23.8 Å². The van der Waals surface area contributed by atoms with Gasteiger partial charge < -0.3 is 20.5 Å². The molecule has 0 aliphatic heterocycles. The topological polar surface area (TPSA) is 108 Å². The van der Waals surface area contributed by atoms with Crippen molar-refractivity contribution in [3.8, 4) is 11.5 Å². The Morgan fingerprint density at radius 1 is 0.844 bits per heavy atom. The van der Waals surface area contributed by atoms with Gasteiger partial charge in [0.25, 0.3) is 5.91 Å². The Bertz CT molecular complexity index is 1060. The molecule has 0 spiro atoms. The number of rotatable bonds is 9. The Balaban J connectivity index is 1.58. The van der Waals surface area contributed by atoms with E-state index >= 15 is 0 Å². The third-order valence-electron chi connectivity index (χ3n) is 4.64. The molecule has 0 bridgehead atoms. The van der Waals surface area contributed by atoms with E-state index in [0.717, 1.165) is 11.1 Å². The van der Waals surface area contributed by atoms with E-state index in [2.05, 4.69) is 5.32 Å². The van der Waals surface area contributed by atoms with Crippen LogP contribution in [0.2, 0.25) is 0 Å². The SMILES string of the molecule is CC(=O)Oc1ccc(C(=O)N[C@@H](Cc2ccc(OCc3ccccc3)cc2)C(N)=O)cc1. The van der Waals surface area contributed by atoms with Gasteiger partial charge in [0.15, 0.2) is 0 Å². The predicted octanol–water partition coefficient (Wildman–Crippen LogP) is 3.02. The molecule has 0 saturated heterocycles. The minimum Gasteiger partial charge on any atom is -0.489 e. The van der Waals surface area contributed by atoms with E-state index in [1.165, 1.54) is 31.2 Å². The lowest BCUT2D eigenvalue weighted by Gasteiger charge is -2.16. The van der Waals surface area contributed by atoms with E-state index in [4.69, 9.17) is 15.2 Å². The van der Waals surface area contributed by atoms with Crippen LogP contribution in [0.4, 0.5) is 0 Å². The van der Waals surface area contributed by atoms with E-state index in [1.807, 2.05) is 54.6 Å². The van der Waals surface area contributed by atoms with Crippen molar-refractivity contribution >= 4 is 17.8 Å². The number of hydrogen-bond donors (Lipinski definition) is 2. The minimum atomic E-state index is -0.883. The molecule has 0 unspecified atom stereocenters. The van der Waals surface area contributed by atoms with Gasteiger partial charge in [-0.25, -0.2) is 0 Å². The number of hydrogen-bond acceptors (Lipinski definition) is 5. The van der Waals surface area contributed by atoms with Gasteiger partial charge in [-0.3, -0.25) is 14.4 Å². The molecule has 0 saturated carbocycles. The van der Waals surface area contributed by atoms with Gasteiger partial charge in [0.1, 0.15) is 24.1 Å². The van der Waals surface area contributed by atoms with Crippen molar-refractivity contribution in [2.45, 2.75) is 26.0 Å². The molecule has 0 radical (unpaired) electrons. The molecule has 1 atom stereocenters. The predicted molar refractivity (Wildman–Crippen MR) is 119 cm³/mol. The summed E-state index contributed by atoms with van der Waals surface area (Å²) in [5.74, 6) is -0.516. The fourth-order valence-corrected chi connectivity index (χ4v) is 3.00. The average Bonchev–Trinajstić information content (AvgIpc) is 2.79. The Labute approximate surface area is 186 Å². The van der Waals surface area contributed by atoms with Crippen LogP contribution in [-0.2, 0) is 22.6 Å². The summed E-state index contributed by atoms with van der Waals surface area (Å²) in [7, 11) is 0. The molecular formula is C25H24N2O5. The van der Waals surface area contributed by atoms with Crippen molar-refractivity contribution in [3.63, 3.8) is 0 Å². The Kier molecular flexibility index (Phi) is 7.59. The summed E-state index contributed by atoms with van der Waals surface area (Å²) in [6, 6.07) is 22.2. The van der Waals surface area contributed by atoms with Gasteiger partial charge in [0.2, 0.25) is 5.91 Å². The van der Waals surface area contributed by atoms with Crippen LogP contribution in [0.5, 0.6) is 11.5 Å². The number of carbonyl (C=O) groups is 3. The molecule has 0 aliphatic rings. The second-order valence-electron chi connectivity index (χ2n) is 7.17. The molecule has 3 aromatic carbocycles. The third-order valence-corrected chi connectivity index (χ3v) is 4.64. The Morgan fingerprint density at radius 2 is 1.47 bits per heavy atom. The number of primary amides is 1. The van der Waals surface area contributed by atoms with E-state index in [1.54, 1.807) is 0 Å². The zero-order valence-electron chi connectivity index (χ0n) is 17.6. The van der Waals surface area contributed by atoms with Crippen LogP contribution in [0, 0.1) is 0 Å². The maximum Gasteiger partial charge on any atom is 0.308 e. The highest BCUT2D eigenvalue weighted by Crippen LogP contribution is 2.16. The highest BCUT2D eigenvalue weighted by Gasteiger charge is 2.19. The second kappa shape index (κ2) is 10.8. The lowest BCUT2D eigenvalue weighted by Crippen LogP contribution is -2.45. The van der Waals surface area contributed by atoms with Gasteiger partial charge in [-0.1, -0.05) is 42.5 Å². The standard InChI is InChI=1S/C25H24N2O5/c1-17(28)32-22-13-9-20(10-14-22)25(30)27-23(24(26)29)15-18-7-11-21(12-8-18)31-16-19-5-3-2-4-6-19/h2-14,23H,15-16H2,1H3,(H2,26,29)(H,27,30)/t23-/m0/s1. The first kappa shape index (κ1) is 22.6. The molecular weight excluding hydrogens is 408 g/mol. The van der Waals surface area contributed by atoms with Crippen LogP contribution in [0.15, 0.2) is 78.9 Å². The molecule has 0 fully saturated rings. The molecule has 0 aromatic heterocycles. The van der Waals surface area contributed by atoms with Gasteiger partial charge in [0.05, 0.1) is 0 Å².